The molecule has 3 aromatic rings. The summed E-state index contributed by atoms with van der Waals surface area (Å²) >= 11 is 6.17. The fourth-order valence-corrected chi connectivity index (χ4v) is 5.79. The maximum Gasteiger partial charge on any atom is 0.243 e. The molecule has 0 radical (unpaired) electrons. The van der Waals surface area contributed by atoms with Crippen LogP contribution in [0.4, 0.5) is 5.69 Å². The Labute approximate surface area is 249 Å². The summed E-state index contributed by atoms with van der Waals surface area (Å²) in [6.45, 7) is 6.12. The van der Waals surface area contributed by atoms with Gasteiger partial charge in [-0.05, 0) is 55.5 Å². The van der Waals surface area contributed by atoms with Crippen molar-refractivity contribution in [2.24, 2.45) is 0 Å². The molecule has 0 spiro atoms. The molecule has 0 aliphatic rings. The summed E-state index contributed by atoms with van der Waals surface area (Å²) in [6, 6.07) is 23.6. The number of amides is 2. The highest BCUT2D eigenvalue weighted by Crippen LogP contribution is 2.27. The van der Waals surface area contributed by atoms with Crippen LogP contribution < -0.4 is 9.62 Å². The molecular weight excluding hydrogens is 558 g/mol. The van der Waals surface area contributed by atoms with E-state index in [4.69, 9.17) is 11.6 Å². The monoisotopic (exact) mass is 597 g/mol. The summed E-state index contributed by atoms with van der Waals surface area (Å²) in [7, 11) is -3.63. The quantitative estimate of drug-likeness (QED) is 0.256. The predicted octanol–water partition coefficient (Wildman–Crippen LogP) is 5.75. The predicted molar refractivity (Wildman–Crippen MR) is 166 cm³/mol. The fourth-order valence-electron chi connectivity index (χ4n) is 4.61. The molecule has 9 heteroatoms. The Kier molecular flexibility index (Phi) is 11.8. The van der Waals surface area contributed by atoms with Gasteiger partial charge in [-0.1, -0.05) is 85.3 Å². The van der Waals surface area contributed by atoms with Crippen LogP contribution in [-0.4, -0.2) is 50.0 Å². The van der Waals surface area contributed by atoms with E-state index in [1.54, 1.807) is 23.1 Å². The Balaban J connectivity index is 1.89. The number of nitrogens with zero attached hydrogens (tertiary/aromatic N) is 2. The van der Waals surface area contributed by atoms with Crippen LogP contribution in [0.5, 0.6) is 0 Å². The smallest absolute Gasteiger partial charge is 0.243 e. The molecule has 0 bridgehead atoms. The normalized spacial score (nSPS) is 12.8. The molecule has 7 nitrogen and oxygen atoms in total. The summed E-state index contributed by atoms with van der Waals surface area (Å²) in [5.41, 5.74) is 3.11. The van der Waals surface area contributed by atoms with E-state index in [2.05, 4.69) is 5.32 Å². The number of aryl methyl sites for hydroxylation is 1. The van der Waals surface area contributed by atoms with Crippen LogP contribution >= 0.6 is 11.6 Å². The van der Waals surface area contributed by atoms with Crippen molar-refractivity contribution in [2.45, 2.75) is 65.1 Å². The SMILES string of the molecule is CC[C@@H](C)NC(=O)[C@H](Cc1ccccc1)N(Cc1ccccc1)C(=O)CCCN(c1cc(Cl)ccc1C)S(C)(=O)=O. The number of carbonyl (C=O) groups is 2. The average Bonchev–Trinajstić information content (AvgIpc) is 2.94. The highest BCUT2D eigenvalue weighted by Gasteiger charge is 2.31. The van der Waals surface area contributed by atoms with E-state index >= 15 is 0 Å². The van der Waals surface area contributed by atoms with Crippen LogP contribution in [0.25, 0.3) is 0 Å². The second-order valence-corrected chi connectivity index (χ2v) is 12.7. The third kappa shape index (κ3) is 9.61. The molecule has 0 saturated heterocycles. The number of hydrogen-bond donors (Lipinski definition) is 1. The number of nitrogens with one attached hydrogen (secondary N) is 1. The number of hydrogen-bond acceptors (Lipinski definition) is 4. The minimum absolute atomic E-state index is 0.0429. The van der Waals surface area contributed by atoms with Crippen molar-refractivity contribution in [1.82, 2.24) is 10.2 Å². The van der Waals surface area contributed by atoms with Crippen molar-refractivity contribution >= 4 is 39.1 Å². The van der Waals surface area contributed by atoms with Crippen molar-refractivity contribution in [3.63, 3.8) is 0 Å². The number of anilines is 1. The molecule has 0 aromatic heterocycles. The number of halogens is 1. The molecule has 2 atom stereocenters. The first-order chi connectivity index (χ1) is 19.5. The van der Waals surface area contributed by atoms with Crippen LogP contribution in [0.1, 0.15) is 49.8 Å². The first-order valence-corrected chi connectivity index (χ1v) is 16.1. The van der Waals surface area contributed by atoms with E-state index in [0.29, 0.717) is 17.1 Å². The van der Waals surface area contributed by atoms with Gasteiger partial charge in [-0.15, -0.1) is 0 Å². The minimum Gasteiger partial charge on any atom is -0.352 e. The van der Waals surface area contributed by atoms with Crippen molar-refractivity contribution in [1.29, 1.82) is 0 Å². The van der Waals surface area contributed by atoms with E-state index in [1.165, 1.54) is 4.31 Å². The molecule has 0 heterocycles. The highest BCUT2D eigenvalue weighted by atomic mass is 35.5. The Bertz CT molecular complexity index is 1400. The molecule has 220 valence electrons. The average molecular weight is 598 g/mol. The summed E-state index contributed by atoms with van der Waals surface area (Å²) < 4.78 is 26.7. The molecule has 0 aliphatic carbocycles. The Hall–Kier alpha value is -3.36. The Morgan fingerprint density at radius 1 is 0.951 bits per heavy atom. The maximum absolute atomic E-state index is 13.9. The van der Waals surface area contributed by atoms with Gasteiger partial charge in [-0.25, -0.2) is 8.42 Å². The zero-order valence-corrected chi connectivity index (χ0v) is 25.8. The summed E-state index contributed by atoms with van der Waals surface area (Å²) in [5, 5.41) is 3.50. The van der Waals surface area contributed by atoms with Gasteiger partial charge in [0.25, 0.3) is 0 Å². The molecule has 0 saturated carbocycles. The van der Waals surface area contributed by atoms with Crippen LogP contribution in [0.2, 0.25) is 5.02 Å². The lowest BCUT2D eigenvalue weighted by Gasteiger charge is -2.33. The lowest BCUT2D eigenvalue weighted by Crippen LogP contribution is -2.52. The molecule has 0 fully saturated rings. The molecule has 41 heavy (non-hydrogen) atoms. The zero-order valence-electron chi connectivity index (χ0n) is 24.2. The van der Waals surface area contributed by atoms with Gasteiger partial charge in [0.2, 0.25) is 21.8 Å². The lowest BCUT2D eigenvalue weighted by molar-refractivity contribution is -0.141. The maximum atomic E-state index is 13.9. The molecule has 3 aromatic carbocycles. The number of carbonyl (C=O) groups excluding carboxylic acids is 2. The van der Waals surface area contributed by atoms with Gasteiger partial charge in [-0.3, -0.25) is 13.9 Å². The van der Waals surface area contributed by atoms with Gasteiger partial charge < -0.3 is 10.2 Å². The summed E-state index contributed by atoms with van der Waals surface area (Å²) in [6.07, 6.45) is 2.61. The highest BCUT2D eigenvalue weighted by molar-refractivity contribution is 7.92. The third-order valence-corrected chi connectivity index (χ3v) is 8.47. The standard InChI is InChI=1S/C32H40ClN3O4S/c1-5-25(3)34-32(38)30(21-26-13-8-6-9-14-26)35(23-27-15-10-7-11-16-27)31(37)17-12-20-36(41(4,39)40)29-22-28(33)19-18-24(29)2/h6-11,13-16,18-19,22,25,30H,5,12,17,20-21,23H2,1-4H3,(H,34,38)/t25-,30+/m1/s1. The van der Waals surface area contributed by atoms with E-state index in [1.807, 2.05) is 81.4 Å². The molecule has 1 N–H and O–H groups in total. The topological polar surface area (TPSA) is 86.8 Å². The van der Waals surface area contributed by atoms with Crippen molar-refractivity contribution < 1.29 is 18.0 Å². The van der Waals surface area contributed by atoms with Gasteiger partial charge in [0, 0.05) is 37.0 Å². The van der Waals surface area contributed by atoms with Crippen molar-refractivity contribution in [2.75, 3.05) is 17.1 Å². The summed E-state index contributed by atoms with van der Waals surface area (Å²) in [4.78, 5) is 29.1. The van der Waals surface area contributed by atoms with Gasteiger partial charge in [-0.2, -0.15) is 0 Å². The van der Waals surface area contributed by atoms with E-state index in [9.17, 15) is 18.0 Å². The third-order valence-electron chi connectivity index (χ3n) is 7.06. The Morgan fingerprint density at radius 3 is 2.15 bits per heavy atom. The van der Waals surface area contributed by atoms with Crippen LogP contribution in [0.15, 0.2) is 78.9 Å². The van der Waals surface area contributed by atoms with E-state index in [-0.39, 0.29) is 43.8 Å². The number of benzene rings is 3. The molecule has 0 unspecified atom stereocenters. The van der Waals surface area contributed by atoms with Crippen LogP contribution in [0.3, 0.4) is 0 Å². The number of sulfonamides is 1. The first-order valence-electron chi connectivity index (χ1n) is 13.9. The van der Waals surface area contributed by atoms with Crippen LogP contribution in [0, 0.1) is 6.92 Å². The van der Waals surface area contributed by atoms with Gasteiger partial charge in [0.1, 0.15) is 6.04 Å². The zero-order chi connectivity index (χ0) is 30.0. The summed E-state index contributed by atoms with van der Waals surface area (Å²) in [5.74, 6) is -0.426. The molecule has 2 amide bonds. The fraction of sp³-hybridized carbons (Fsp3) is 0.375. The first kappa shape index (κ1) is 32.2. The van der Waals surface area contributed by atoms with Crippen LogP contribution in [-0.2, 0) is 32.6 Å². The second-order valence-electron chi connectivity index (χ2n) is 10.4. The minimum atomic E-state index is -3.63. The largest absolute Gasteiger partial charge is 0.352 e. The Morgan fingerprint density at radius 2 is 1.56 bits per heavy atom. The molecule has 3 rings (SSSR count). The lowest BCUT2D eigenvalue weighted by atomic mass is 10.0. The molecular formula is C32H40ClN3O4S. The van der Waals surface area contributed by atoms with Crippen molar-refractivity contribution in [3.8, 4) is 0 Å². The van der Waals surface area contributed by atoms with E-state index < -0.39 is 16.1 Å². The van der Waals surface area contributed by atoms with Gasteiger partial charge in [0.15, 0.2) is 0 Å². The number of rotatable bonds is 14. The van der Waals surface area contributed by atoms with Gasteiger partial charge in [0.05, 0.1) is 11.9 Å². The second kappa shape index (κ2) is 15.0. The van der Waals surface area contributed by atoms with E-state index in [0.717, 1.165) is 29.4 Å². The van der Waals surface area contributed by atoms with Crippen molar-refractivity contribution in [3.05, 3.63) is 101 Å². The molecule has 0 aliphatic heterocycles. The van der Waals surface area contributed by atoms with Gasteiger partial charge >= 0.3 is 0 Å².